The number of hydrogen-bond donors (Lipinski definition) is 0. The van der Waals surface area contributed by atoms with Gasteiger partial charge in [-0.05, 0) is 58.9 Å². The number of piperidine rings is 1. The molecule has 32 heavy (non-hydrogen) atoms. The molecule has 3 aromatic rings. The van der Waals surface area contributed by atoms with Crippen LogP contribution >= 0.6 is 24.8 Å². The van der Waals surface area contributed by atoms with E-state index in [4.69, 9.17) is 0 Å². The summed E-state index contributed by atoms with van der Waals surface area (Å²) in [6.45, 7) is 3.18. The van der Waals surface area contributed by atoms with Gasteiger partial charge in [-0.1, -0.05) is 78.4 Å². The normalized spacial score (nSPS) is 15.4. The van der Waals surface area contributed by atoms with Crippen molar-refractivity contribution in [1.29, 1.82) is 0 Å². The maximum atomic E-state index is 4.37. The summed E-state index contributed by atoms with van der Waals surface area (Å²) in [6.07, 6.45) is 13.0. The molecule has 0 amide bonds. The highest BCUT2D eigenvalue weighted by Crippen LogP contribution is 2.38. The van der Waals surface area contributed by atoms with Crippen molar-refractivity contribution >= 4 is 48.6 Å². The standard InChI is InChI=1S/C28H26N2.2ClH/c1-3-12-26-22(8-1)14-15-23-9-2-4-13-27(23)28(26)24-16-20-30(21-17-24)19-7-11-25-10-5-6-18-29-25;;/h1-15,18H,16-17,19-21H2;2*1H/b11-7+;;. The molecule has 0 atom stereocenters. The number of likely N-dealkylation sites (tertiary alicyclic amines) is 1. The zero-order chi connectivity index (χ0) is 20.2. The Labute approximate surface area is 203 Å². The molecule has 1 fully saturated rings. The van der Waals surface area contributed by atoms with Gasteiger partial charge >= 0.3 is 0 Å². The molecule has 0 unspecified atom stereocenters. The summed E-state index contributed by atoms with van der Waals surface area (Å²) in [4.78, 5) is 6.91. The van der Waals surface area contributed by atoms with Crippen LogP contribution in [0.3, 0.4) is 0 Å². The number of aromatic nitrogens is 1. The summed E-state index contributed by atoms with van der Waals surface area (Å²) in [7, 11) is 0. The lowest BCUT2D eigenvalue weighted by atomic mass is 9.86. The van der Waals surface area contributed by atoms with Gasteiger partial charge in [-0.15, -0.1) is 24.8 Å². The predicted molar refractivity (Wildman–Crippen MR) is 141 cm³/mol. The van der Waals surface area contributed by atoms with Crippen LogP contribution in [0, 0.1) is 0 Å². The molecular formula is C28H28Cl2N2. The lowest BCUT2D eigenvalue weighted by Gasteiger charge is -2.29. The average molecular weight is 463 g/mol. The van der Waals surface area contributed by atoms with Crippen molar-refractivity contribution in [3.63, 3.8) is 0 Å². The number of pyridine rings is 1. The Hall–Kier alpha value is -2.65. The van der Waals surface area contributed by atoms with Crippen LogP contribution in [-0.2, 0) is 0 Å². The Morgan fingerprint density at radius 2 is 1.34 bits per heavy atom. The van der Waals surface area contributed by atoms with E-state index in [0.29, 0.717) is 0 Å². The zero-order valence-corrected chi connectivity index (χ0v) is 19.6. The van der Waals surface area contributed by atoms with Crippen molar-refractivity contribution in [2.24, 2.45) is 0 Å². The second-order valence-electron chi connectivity index (χ2n) is 7.94. The first-order chi connectivity index (χ1) is 14.9. The largest absolute Gasteiger partial charge is 0.299 e. The molecule has 1 aliphatic carbocycles. The summed E-state index contributed by atoms with van der Waals surface area (Å²) in [5, 5.41) is 0. The predicted octanol–water partition coefficient (Wildman–Crippen LogP) is 7.02. The molecule has 1 aromatic heterocycles. The third kappa shape index (κ3) is 5.21. The van der Waals surface area contributed by atoms with Gasteiger partial charge in [0.15, 0.2) is 0 Å². The lowest BCUT2D eigenvalue weighted by Crippen LogP contribution is -2.31. The Morgan fingerprint density at radius 1 is 0.750 bits per heavy atom. The SMILES string of the molecule is C1=Cc2ccccc2C(=C2CCN(C/C=C/c3ccccn3)CC2)c2ccccc21.Cl.Cl. The van der Waals surface area contributed by atoms with Gasteiger partial charge in [-0.2, -0.15) is 0 Å². The van der Waals surface area contributed by atoms with Gasteiger partial charge in [0, 0.05) is 25.8 Å². The van der Waals surface area contributed by atoms with E-state index in [2.05, 4.69) is 82.7 Å². The summed E-state index contributed by atoms with van der Waals surface area (Å²) in [5.74, 6) is 0. The Kier molecular flexibility index (Phi) is 8.46. The maximum Gasteiger partial charge on any atom is 0.0626 e. The average Bonchev–Trinajstić information content (AvgIpc) is 2.97. The fourth-order valence-corrected chi connectivity index (χ4v) is 4.50. The highest BCUT2D eigenvalue weighted by Gasteiger charge is 2.21. The Bertz CT molecular complexity index is 1070. The molecule has 4 heteroatoms. The molecule has 1 aliphatic heterocycles. The van der Waals surface area contributed by atoms with Crippen LogP contribution in [0.5, 0.6) is 0 Å². The van der Waals surface area contributed by atoms with Gasteiger partial charge in [0.1, 0.15) is 0 Å². The number of rotatable bonds is 3. The van der Waals surface area contributed by atoms with Gasteiger partial charge in [-0.3, -0.25) is 9.88 Å². The van der Waals surface area contributed by atoms with Crippen molar-refractivity contribution < 1.29 is 0 Å². The fraction of sp³-hybridized carbons (Fsp3) is 0.179. The number of nitrogens with zero attached hydrogens (tertiary/aromatic N) is 2. The van der Waals surface area contributed by atoms with E-state index >= 15 is 0 Å². The molecule has 164 valence electrons. The molecular weight excluding hydrogens is 435 g/mol. The molecule has 5 rings (SSSR count). The van der Waals surface area contributed by atoms with E-state index in [1.165, 1.54) is 27.8 Å². The second kappa shape index (κ2) is 11.3. The molecule has 2 aliphatic rings. The third-order valence-corrected chi connectivity index (χ3v) is 6.06. The van der Waals surface area contributed by atoms with Gasteiger partial charge in [0.2, 0.25) is 0 Å². The minimum atomic E-state index is 0. The van der Waals surface area contributed by atoms with Crippen molar-refractivity contribution in [1.82, 2.24) is 9.88 Å². The quantitative estimate of drug-likeness (QED) is 0.325. The van der Waals surface area contributed by atoms with Gasteiger partial charge in [0.25, 0.3) is 0 Å². The fourth-order valence-electron chi connectivity index (χ4n) is 4.50. The zero-order valence-electron chi connectivity index (χ0n) is 18.0. The molecule has 2 nitrogen and oxygen atoms in total. The third-order valence-electron chi connectivity index (χ3n) is 6.06. The molecule has 1 saturated heterocycles. The van der Waals surface area contributed by atoms with Gasteiger partial charge in [0.05, 0.1) is 5.69 Å². The topological polar surface area (TPSA) is 16.1 Å². The van der Waals surface area contributed by atoms with Crippen molar-refractivity contribution in [2.75, 3.05) is 19.6 Å². The van der Waals surface area contributed by atoms with Crippen LogP contribution in [0.15, 0.2) is 84.6 Å². The minimum absolute atomic E-state index is 0. The molecule has 0 bridgehead atoms. The maximum absolute atomic E-state index is 4.37. The summed E-state index contributed by atoms with van der Waals surface area (Å²) in [5.41, 5.74) is 9.44. The first-order valence-corrected chi connectivity index (χ1v) is 10.8. The number of hydrogen-bond acceptors (Lipinski definition) is 2. The van der Waals surface area contributed by atoms with E-state index in [-0.39, 0.29) is 24.8 Å². The van der Waals surface area contributed by atoms with Gasteiger partial charge in [-0.25, -0.2) is 0 Å². The van der Waals surface area contributed by atoms with Gasteiger partial charge < -0.3 is 0 Å². The van der Waals surface area contributed by atoms with Crippen LogP contribution in [0.1, 0.15) is 40.8 Å². The van der Waals surface area contributed by atoms with Crippen LogP contribution < -0.4 is 0 Å². The number of benzene rings is 2. The Balaban J connectivity index is 0.00000144. The van der Waals surface area contributed by atoms with Crippen molar-refractivity contribution in [3.05, 3.63) is 113 Å². The molecule has 2 aromatic carbocycles. The Morgan fingerprint density at radius 3 is 1.94 bits per heavy atom. The summed E-state index contributed by atoms with van der Waals surface area (Å²) in [6, 6.07) is 23.7. The van der Waals surface area contributed by atoms with E-state index in [9.17, 15) is 0 Å². The minimum Gasteiger partial charge on any atom is -0.299 e. The number of halogens is 2. The highest BCUT2D eigenvalue weighted by molar-refractivity contribution is 5.94. The molecule has 0 radical (unpaired) electrons. The highest BCUT2D eigenvalue weighted by atomic mass is 35.5. The lowest BCUT2D eigenvalue weighted by molar-refractivity contribution is 0.284. The molecule has 0 N–H and O–H groups in total. The monoisotopic (exact) mass is 462 g/mol. The molecule has 2 heterocycles. The second-order valence-corrected chi connectivity index (χ2v) is 7.94. The molecule has 0 saturated carbocycles. The van der Waals surface area contributed by atoms with E-state index in [1.54, 1.807) is 5.57 Å². The smallest absolute Gasteiger partial charge is 0.0626 e. The van der Waals surface area contributed by atoms with E-state index in [1.807, 2.05) is 24.4 Å². The summed E-state index contributed by atoms with van der Waals surface area (Å²) >= 11 is 0. The van der Waals surface area contributed by atoms with Crippen LogP contribution in [0.25, 0.3) is 23.8 Å². The van der Waals surface area contributed by atoms with Crippen LogP contribution in [0.4, 0.5) is 0 Å². The van der Waals surface area contributed by atoms with Crippen LogP contribution in [-0.4, -0.2) is 29.5 Å². The van der Waals surface area contributed by atoms with E-state index in [0.717, 1.165) is 38.2 Å². The summed E-state index contributed by atoms with van der Waals surface area (Å²) < 4.78 is 0. The van der Waals surface area contributed by atoms with Crippen LogP contribution in [0.2, 0.25) is 0 Å². The number of fused-ring (bicyclic) bond motifs is 2. The van der Waals surface area contributed by atoms with Crippen molar-refractivity contribution in [3.8, 4) is 0 Å². The van der Waals surface area contributed by atoms with E-state index < -0.39 is 0 Å². The first-order valence-electron chi connectivity index (χ1n) is 10.8. The first kappa shape index (κ1) is 24.0. The molecule has 0 spiro atoms. The van der Waals surface area contributed by atoms with Crippen molar-refractivity contribution in [2.45, 2.75) is 12.8 Å².